The second-order valence-electron chi connectivity index (χ2n) is 12.6. The molecule has 0 aromatic rings. The van der Waals surface area contributed by atoms with Gasteiger partial charge in [0.1, 0.15) is 0 Å². The molecule has 0 aliphatic heterocycles. The summed E-state index contributed by atoms with van der Waals surface area (Å²) >= 11 is 0. The van der Waals surface area contributed by atoms with Gasteiger partial charge in [-0.25, -0.2) is 0 Å². The molecule has 0 heterocycles. The summed E-state index contributed by atoms with van der Waals surface area (Å²) in [6.07, 6.45) is 13.3. The molecule has 0 bridgehead atoms. The molecule has 1 spiro atoms. The van der Waals surface area contributed by atoms with Crippen LogP contribution in [0.15, 0.2) is 0 Å². The average Bonchev–Trinajstić information content (AvgIpc) is 3.18. The Kier molecular flexibility index (Phi) is 4.76. The molecule has 29 heavy (non-hydrogen) atoms. The lowest BCUT2D eigenvalue weighted by Gasteiger charge is -2.61. The average molecular weight is 397 g/mol. The van der Waals surface area contributed by atoms with Crippen LogP contribution in [0.3, 0.4) is 0 Å². The Morgan fingerprint density at radius 2 is 1.79 bits per heavy atom. The summed E-state index contributed by atoms with van der Waals surface area (Å²) in [5.74, 6) is 12.9. The summed E-state index contributed by atoms with van der Waals surface area (Å²) in [6.45, 7) is 12.3. The van der Waals surface area contributed by atoms with Crippen LogP contribution in [-0.4, -0.2) is 13.2 Å². The van der Waals surface area contributed by atoms with Crippen LogP contribution in [-0.2, 0) is 4.74 Å². The number of fused-ring (bicyclic) bond motifs is 4. The van der Waals surface area contributed by atoms with Crippen LogP contribution < -0.4 is 0 Å². The van der Waals surface area contributed by atoms with Crippen molar-refractivity contribution in [2.45, 2.75) is 98.5 Å². The van der Waals surface area contributed by atoms with Crippen molar-refractivity contribution in [3.8, 4) is 11.8 Å². The third-order valence-corrected chi connectivity index (χ3v) is 11.4. The monoisotopic (exact) mass is 396 g/mol. The molecule has 5 fully saturated rings. The van der Waals surface area contributed by atoms with Crippen molar-refractivity contribution in [2.75, 3.05) is 7.11 Å². The predicted molar refractivity (Wildman–Crippen MR) is 120 cm³/mol. The van der Waals surface area contributed by atoms with Crippen molar-refractivity contribution in [2.24, 2.45) is 57.7 Å². The van der Waals surface area contributed by atoms with Crippen molar-refractivity contribution in [1.29, 1.82) is 0 Å². The lowest BCUT2D eigenvalue weighted by atomic mass is 9.45. The summed E-state index contributed by atoms with van der Waals surface area (Å²) in [7, 11) is 2.02. The molecule has 10 atom stereocenters. The number of methoxy groups -OCH3 is 1. The van der Waals surface area contributed by atoms with Gasteiger partial charge in [0.05, 0.1) is 6.10 Å². The molecule has 5 aliphatic carbocycles. The summed E-state index contributed by atoms with van der Waals surface area (Å²) in [5.41, 5.74) is 1.67. The van der Waals surface area contributed by atoms with E-state index >= 15 is 0 Å². The zero-order chi connectivity index (χ0) is 20.6. The highest BCUT2D eigenvalue weighted by atomic mass is 16.5. The van der Waals surface area contributed by atoms with E-state index in [1.807, 2.05) is 7.11 Å². The lowest BCUT2D eigenvalue weighted by molar-refractivity contribution is -0.160. The van der Waals surface area contributed by atoms with Crippen molar-refractivity contribution in [3.05, 3.63) is 0 Å². The van der Waals surface area contributed by atoms with Crippen LogP contribution in [0.5, 0.6) is 0 Å². The Morgan fingerprint density at radius 1 is 1.00 bits per heavy atom. The van der Waals surface area contributed by atoms with E-state index in [2.05, 4.69) is 46.5 Å². The summed E-state index contributed by atoms with van der Waals surface area (Å²) in [6, 6.07) is 0. The van der Waals surface area contributed by atoms with Crippen molar-refractivity contribution < 1.29 is 4.74 Å². The fourth-order valence-electron chi connectivity index (χ4n) is 10.1. The normalized spacial score (nSPS) is 53.3. The number of rotatable bonds is 3. The highest BCUT2D eigenvalue weighted by Crippen LogP contribution is 2.82. The summed E-state index contributed by atoms with van der Waals surface area (Å²) in [4.78, 5) is 0. The molecule has 1 nitrogen and oxygen atoms in total. The van der Waals surface area contributed by atoms with Gasteiger partial charge in [-0.2, -0.15) is 0 Å². The lowest BCUT2D eigenvalue weighted by Crippen LogP contribution is -2.57. The molecule has 5 saturated carbocycles. The number of hydrogen-bond donors (Lipinski definition) is 0. The van der Waals surface area contributed by atoms with Crippen molar-refractivity contribution in [3.63, 3.8) is 0 Å². The molecule has 162 valence electrons. The van der Waals surface area contributed by atoms with Crippen LogP contribution in [0.4, 0.5) is 0 Å². The van der Waals surface area contributed by atoms with Gasteiger partial charge < -0.3 is 4.74 Å². The van der Waals surface area contributed by atoms with Crippen LogP contribution in [0.1, 0.15) is 92.4 Å². The Hall–Kier alpha value is -0.480. The molecule has 5 rings (SSSR count). The zero-order valence-corrected chi connectivity index (χ0v) is 19.9. The molecule has 0 radical (unpaired) electrons. The first-order valence-electron chi connectivity index (χ1n) is 12.8. The van der Waals surface area contributed by atoms with Crippen LogP contribution in [0.2, 0.25) is 0 Å². The first-order chi connectivity index (χ1) is 13.8. The Labute approximate surface area is 180 Å². The molecule has 1 heteroatoms. The predicted octanol–water partition coefficient (Wildman–Crippen LogP) is 6.96. The van der Waals surface area contributed by atoms with E-state index in [0.717, 1.165) is 41.9 Å². The van der Waals surface area contributed by atoms with Crippen LogP contribution in [0, 0.1) is 69.5 Å². The minimum atomic E-state index is 0.503. The largest absolute Gasteiger partial charge is 0.381 e. The quantitative estimate of drug-likeness (QED) is 0.469. The van der Waals surface area contributed by atoms with E-state index in [1.165, 1.54) is 51.4 Å². The van der Waals surface area contributed by atoms with Gasteiger partial charge in [-0.1, -0.05) is 34.6 Å². The second kappa shape index (κ2) is 6.76. The fourth-order valence-corrected chi connectivity index (χ4v) is 10.1. The highest BCUT2D eigenvalue weighted by molar-refractivity contribution is 5.26. The topological polar surface area (TPSA) is 9.23 Å². The third kappa shape index (κ3) is 2.63. The van der Waals surface area contributed by atoms with Gasteiger partial charge in [0, 0.05) is 24.9 Å². The van der Waals surface area contributed by atoms with E-state index in [4.69, 9.17) is 4.74 Å². The van der Waals surface area contributed by atoms with Gasteiger partial charge in [0.25, 0.3) is 0 Å². The number of hydrogen-bond acceptors (Lipinski definition) is 1. The second-order valence-corrected chi connectivity index (χ2v) is 12.6. The Balaban J connectivity index is 1.39. The fraction of sp³-hybridized carbons (Fsp3) is 0.929. The van der Waals surface area contributed by atoms with E-state index in [9.17, 15) is 0 Å². The summed E-state index contributed by atoms with van der Waals surface area (Å²) < 4.78 is 6.28. The molecule has 0 unspecified atom stereocenters. The standard InChI is InChI=1S/C28H44O/c1-18(2)8-7-9-19(3)22-10-11-23-21-16-25(29-6)28-17-20(28)12-15-27(28,5)24(21)13-14-26(22,23)4/h18-25H,9-17H2,1-6H3/t19-,20-,21+,22-,23+,24+,25-,26-,27-,28+/m1/s1. The maximum atomic E-state index is 6.28. The minimum absolute atomic E-state index is 0.503. The first-order valence-corrected chi connectivity index (χ1v) is 12.8. The zero-order valence-electron chi connectivity index (χ0n) is 19.9. The molecular formula is C28H44O. The van der Waals surface area contributed by atoms with Crippen LogP contribution in [0.25, 0.3) is 0 Å². The molecule has 0 aromatic heterocycles. The molecular weight excluding hydrogens is 352 g/mol. The maximum absolute atomic E-state index is 6.28. The highest BCUT2D eigenvalue weighted by Gasteiger charge is 2.77. The van der Waals surface area contributed by atoms with Crippen LogP contribution >= 0.6 is 0 Å². The molecule has 0 saturated heterocycles. The van der Waals surface area contributed by atoms with Gasteiger partial charge in [-0.3, -0.25) is 0 Å². The maximum Gasteiger partial charge on any atom is 0.0638 e. The molecule has 5 aliphatic rings. The van der Waals surface area contributed by atoms with Gasteiger partial charge in [-0.15, -0.1) is 11.8 Å². The Morgan fingerprint density at radius 3 is 2.48 bits per heavy atom. The molecule has 0 N–H and O–H groups in total. The first kappa shape index (κ1) is 20.4. The van der Waals surface area contributed by atoms with E-state index in [0.29, 0.717) is 28.3 Å². The Bertz CT molecular complexity index is 714. The van der Waals surface area contributed by atoms with Gasteiger partial charge >= 0.3 is 0 Å². The third-order valence-electron chi connectivity index (χ3n) is 11.4. The van der Waals surface area contributed by atoms with Gasteiger partial charge in [0.15, 0.2) is 0 Å². The smallest absolute Gasteiger partial charge is 0.0638 e. The number of ether oxygens (including phenoxy) is 1. The van der Waals surface area contributed by atoms with Gasteiger partial charge in [0.2, 0.25) is 0 Å². The minimum Gasteiger partial charge on any atom is -0.381 e. The van der Waals surface area contributed by atoms with E-state index in [-0.39, 0.29) is 0 Å². The van der Waals surface area contributed by atoms with Crippen molar-refractivity contribution in [1.82, 2.24) is 0 Å². The van der Waals surface area contributed by atoms with E-state index in [1.54, 1.807) is 0 Å². The van der Waals surface area contributed by atoms with E-state index < -0.39 is 0 Å². The van der Waals surface area contributed by atoms with Crippen molar-refractivity contribution >= 4 is 0 Å². The molecule has 0 aromatic carbocycles. The van der Waals surface area contributed by atoms with Gasteiger partial charge in [-0.05, 0) is 97.7 Å². The molecule has 0 amide bonds. The SMILES string of the molecule is CO[C@@H]1C[C@H]2[C@@H]3CC[C@H]([C@H](C)CC#CC(C)C)[C@@]3(C)CC[C@@H]2[C@@]2(C)CC[C@@H]3C[C@]312. The summed E-state index contributed by atoms with van der Waals surface area (Å²) in [5, 5.41) is 0.